The van der Waals surface area contributed by atoms with Gasteiger partial charge in [-0.2, -0.15) is 4.31 Å². The topological polar surface area (TPSA) is 69.7 Å². The molecule has 1 saturated heterocycles. The molecule has 2 rings (SSSR count). The van der Waals surface area contributed by atoms with E-state index in [1.807, 2.05) is 0 Å². The highest BCUT2D eigenvalue weighted by atomic mass is 35.5. The van der Waals surface area contributed by atoms with Gasteiger partial charge in [-0.3, -0.25) is 4.79 Å². The van der Waals surface area contributed by atoms with Crippen molar-refractivity contribution < 1.29 is 13.2 Å². The molecule has 0 aliphatic carbocycles. The van der Waals surface area contributed by atoms with E-state index in [1.165, 1.54) is 44.2 Å². The zero-order valence-corrected chi connectivity index (χ0v) is 17.0. The Hall–Kier alpha value is -1.15. The number of sulfonamides is 1. The van der Waals surface area contributed by atoms with Gasteiger partial charge < -0.3 is 10.2 Å². The first-order valence-corrected chi connectivity index (χ1v) is 10.8. The highest BCUT2D eigenvalue weighted by Gasteiger charge is 2.22. The highest BCUT2D eigenvalue weighted by Crippen LogP contribution is 2.17. The van der Waals surface area contributed by atoms with Crippen LogP contribution >= 0.6 is 11.6 Å². The van der Waals surface area contributed by atoms with Crippen molar-refractivity contribution in [3.8, 4) is 0 Å². The van der Waals surface area contributed by atoms with Crippen LogP contribution in [0.1, 0.15) is 26.2 Å². The molecule has 0 spiro atoms. The first kappa shape index (κ1) is 21.2. The Morgan fingerprint density at radius 2 is 2.04 bits per heavy atom. The number of carbonyl (C=O) groups is 1. The molecule has 0 bridgehead atoms. The molecule has 0 aromatic heterocycles. The summed E-state index contributed by atoms with van der Waals surface area (Å²) in [6, 6.07) is 5.91. The minimum atomic E-state index is -3.70. The summed E-state index contributed by atoms with van der Waals surface area (Å²) in [7, 11) is -2.30. The minimum Gasteiger partial charge on any atom is -0.355 e. The van der Waals surface area contributed by atoms with Crippen LogP contribution in [0, 0.1) is 5.92 Å². The van der Waals surface area contributed by atoms with E-state index in [1.54, 1.807) is 0 Å². The van der Waals surface area contributed by atoms with E-state index in [0.29, 0.717) is 11.6 Å². The van der Waals surface area contributed by atoms with Crippen molar-refractivity contribution >= 4 is 27.5 Å². The molecule has 1 aliphatic rings. The van der Waals surface area contributed by atoms with Crippen LogP contribution in [0.15, 0.2) is 29.2 Å². The Kier molecular flexibility index (Phi) is 7.88. The first-order valence-electron chi connectivity index (χ1n) is 9.00. The quantitative estimate of drug-likeness (QED) is 0.678. The van der Waals surface area contributed by atoms with E-state index in [0.717, 1.165) is 36.3 Å². The number of halogens is 1. The molecule has 8 heteroatoms. The summed E-state index contributed by atoms with van der Waals surface area (Å²) in [5.74, 6) is 0.446. The Labute approximate surface area is 161 Å². The molecule has 1 aromatic rings. The third-order valence-electron chi connectivity index (χ3n) is 4.60. The van der Waals surface area contributed by atoms with Crippen LogP contribution in [-0.4, -0.2) is 63.3 Å². The summed E-state index contributed by atoms with van der Waals surface area (Å²) in [4.78, 5) is 14.6. The predicted molar refractivity (Wildman–Crippen MR) is 104 cm³/mol. The molecular weight excluding hydrogens is 374 g/mol. The van der Waals surface area contributed by atoms with Gasteiger partial charge in [0.15, 0.2) is 0 Å². The molecular formula is C18H28ClN3O3S. The number of hydrogen-bond acceptors (Lipinski definition) is 4. The molecule has 1 N–H and O–H groups in total. The lowest BCUT2D eigenvalue weighted by Gasteiger charge is -2.30. The molecule has 1 atom stereocenters. The summed E-state index contributed by atoms with van der Waals surface area (Å²) in [5.41, 5.74) is 0. The van der Waals surface area contributed by atoms with Gasteiger partial charge in [-0.05, 0) is 62.5 Å². The second kappa shape index (κ2) is 9.69. The highest BCUT2D eigenvalue weighted by molar-refractivity contribution is 7.89. The summed E-state index contributed by atoms with van der Waals surface area (Å²) in [6.07, 6.45) is 3.40. The molecule has 0 saturated carbocycles. The van der Waals surface area contributed by atoms with E-state index in [9.17, 15) is 13.2 Å². The first-order chi connectivity index (χ1) is 12.3. The van der Waals surface area contributed by atoms with Gasteiger partial charge in [0.05, 0.1) is 11.4 Å². The molecule has 0 radical (unpaired) electrons. The van der Waals surface area contributed by atoms with Crippen molar-refractivity contribution in [2.45, 2.75) is 31.1 Å². The summed E-state index contributed by atoms with van der Waals surface area (Å²) >= 11 is 5.78. The van der Waals surface area contributed by atoms with Crippen LogP contribution < -0.4 is 5.32 Å². The molecule has 0 unspecified atom stereocenters. The summed E-state index contributed by atoms with van der Waals surface area (Å²) in [5, 5.41) is 3.27. The smallest absolute Gasteiger partial charge is 0.243 e. The lowest BCUT2D eigenvalue weighted by molar-refractivity contribution is -0.121. The predicted octanol–water partition coefficient (Wildman–Crippen LogP) is 2.20. The van der Waals surface area contributed by atoms with Gasteiger partial charge in [-0.25, -0.2) is 8.42 Å². The number of nitrogens with one attached hydrogen (secondary N) is 1. The van der Waals surface area contributed by atoms with Crippen molar-refractivity contribution in [2.75, 3.05) is 39.8 Å². The van der Waals surface area contributed by atoms with Crippen LogP contribution in [0.4, 0.5) is 0 Å². The number of hydrogen-bond donors (Lipinski definition) is 1. The van der Waals surface area contributed by atoms with Gasteiger partial charge in [0, 0.05) is 25.2 Å². The van der Waals surface area contributed by atoms with E-state index in [-0.39, 0.29) is 17.3 Å². The number of nitrogens with zero attached hydrogens (tertiary/aromatic N) is 2. The fourth-order valence-electron chi connectivity index (χ4n) is 3.15. The number of benzene rings is 1. The van der Waals surface area contributed by atoms with Crippen LogP contribution in [0.2, 0.25) is 5.02 Å². The Bertz CT molecular complexity index is 694. The van der Waals surface area contributed by atoms with E-state index in [2.05, 4.69) is 17.1 Å². The average molecular weight is 402 g/mol. The molecule has 146 valence electrons. The van der Waals surface area contributed by atoms with E-state index < -0.39 is 10.0 Å². The zero-order chi connectivity index (χ0) is 19.2. The maximum absolute atomic E-state index is 12.4. The monoisotopic (exact) mass is 401 g/mol. The average Bonchev–Trinajstić information content (AvgIpc) is 2.59. The third-order valence-corrected chi connectivity index (χ3v) is 6.67. The van der Waals surface area contributed by atoms with Gasteiger partial charge in [0.2, 0.25) is 15.9 Å². The molecule has 1 amide bonds. The van der Waals surface area contributed by atoms with Gasteiger partial charge in [0.1, 0.15) is 0 Å². The largest absolute Gasteiger partial charge is 0.355 e. The third kappa shape index (κ3) is 6.23. The van der Waals surface area contributed by atoms with Crippen LogP contribution in [0.25, 0.3) is 0 Å². The zero-order valence-electron chi connectivity index (χ0n) is 15.4. The minimum absolute atomic E-state index is 0.122. The Morgan fingerprint density at radius 3 is 2.69 bits per heavy atom. The number of likely N-dealkylation sites (tertiary alicyclic amines) is 1. The van der Waals surface area contributed by atoms with Crippen molar-refractivity contribution in [1.29, 1.82) is 0 Å². The van der Waals surface area contributed by atoms with Gasteiger partial charge in [-0.1, -0.05) is 18.5 Å². The van der Waals surface area contributed by atoms with Gasteiger partial charge in [0.25, 0.3) is 0 Å². The fraction of sp³-hybridized carbons (Fsp3) is 0.611. The fourth-order valence-corrected chi connectivity index (χ4v) is 4.40. The summed E-state index contributed by atoms with van der Waals surface area (Å²) < 4.78 is 25.9. The van der Waals surface area contributed by atoms with Crippen molar-refractivity contribution in [3.05, 3.63) is 29.3 Å². The van der Waals surface area contributed by atoms with Crippen LogP contribution in [0.5, 0.6) is 0 Å². The second-order valence-electron chi connectivity index (χ2n) is 6.97. The molecule has 1 heterocycles. The Morgan fingerprint density at radius 1 is 1.35 bits per heavy atom. The van der Waals surface area contributed by atoms with Crippen molar-refractivity contribution in [3.63, 3.8) is 0 Å². The number of piperidine rings is 1. The summed E-state index contributed by atoms with van der Waals surface area (Å²) in [6.45, 7) is 5.83. The standard InChI is InChI=1S/C18H28ClN3O3S/c1-15-5-3-11-22(13-15)12-4-10-20-18(23)14-21(2)26(24,25)17-8-6-16(19)7-9-17/h6-9,15H,3-5,10-14H2,1-2H3,(H,20,23)/t15-/m1/s1. The number of rotatable bonds is 8. The van der Waals surface area contributed by atoms with E-state index >= 15 is 0 Å². The maximum atomic E-state index is 12.4. The van der Waals surface area contributed by atoms with E-state index in [4.69, 9.17) is 11.6 Å². The molecule has 1 fully saturated rings. The molecule has 6 nitrogen and oxygen atoms in total. The van der Waals surface area contributed by atoms with Crippen molar-refractivity contribution in [2.24, 2.45) is 5.92 Å². The van der Waals surface area contributed by atoms with Gasteiger partial charge >= 0.3 is 0 Å². The molecule has 1 aliphatic heterocycles. The normalized spacial score (nSPS) is 18.8. The molecule has 26 heavy (non-hydrogen) atoms. The second-order valence-corrected chi connectivity index (χ2v) is 9.45. The SMILES string of the molecule is C[C@@H]1CCCN(CCCNC(=O)CN(C)S(=O)(=O)c2ccc(Cl)cc2)C1. The Balaban J connectivity index is 1.73. The van der Waals surface area contributed by atoms with Gasteiger partial charge in [-0.15, -0.1) is 0 Å². The van der Waals surface area contributed by atoms with Crippen molar-refractivity contribution in [1.82, 2.24) is 14.5 Å². The maximum Gasteiger partial charge on any atom is 0.243 e. The lowest BCUT2D eigenvalue weighted by atomic mass is 10.0. The lowest BCUT2D eigenvalue weighted by Crippen LogP contribution is -2.40. The molecule has 1 aromatic carbocycles. The number of carbonyl (C=O) groups excluding carboxylic acids is 1. The number of likely N-dealkylation sites (N-methyl/N-ethyl adjacent to an activating group) is 1. The van der Waals surface area contributed by atoms with Crippen LogP contribution in [-0.2, 0) is 14.8 Å². The van der Waals surface area contributed by atoms with Crippen LogP contribution in [0.3, 0.4) is 0 Å². The number of amides is 1.